The molecule has 0 spiro atoms. The lowest BCUT2D eigenvalue weighted by atomic mass is 10.1. The Morgan fingerprint density at radius 1 is 0.742 bits per heavy atom. The van der Waals surface area contributed by atoms with E-state index in [2.05, 4.69) is 0 Å². The maximum Gasteiger partial charge on any atom is 0.233 e. The number of hydrogen-bond acceptors (Lipinski definition) is 4. The lowest BCUT2D eigenvalue weighted by Crippen LogP contribution is -2.37. The van der Waals surface area contributed by atoms with E-state index in [0.29, 0.717) is 43.5 Å². The molecule has 31 heavy (non-hydrogen) atoms. The maximum absolute atomic E-state index is 14.7. The number of hydrogen-bond donors (Lipinski definition) is 0. The first-order valence-electron chi connectivity index (χ1n) is 11.4. The van der Waals surface area contributed by atoms with Gasteiger partial charge in [-0.15, -0.1) is 0 Å². The molecule has 0 aliphatic heterocycles. The second kappa shape index (κ2) is 15.1. The molecule has 0 unspecified atom stereocenters. The predicted molar refractivity (Wildman–Crippen MR) is 122 cm³/mol. The molecule has 0 atom stereocenters. The summed E-state index contributed by atoms with van der Waals surface area (Å²) in [6.45, 7) is 6.02. The van der Waals surface area contributed by atoms with Gasteiger partial charge in [0, 0.05) is 25.3 Å². The summed E-state index contributed by atoms with van der Waals surface area (Å²) in [6.07, 6.45) is 7.72. The van der Waals surface area contributed by atoms with E-state index in [1.807, 2.05) is 20.8 Å². The lowest BCUT2D eigenvalue weighted by molar-refractivity contribution is -0.126. The number of nitrogens with zero attached hydrogens (tertiary/aromatic N) is 1. The zero-order chi connectivity index (χ0) is 23.2. The van der Waals surface area contributed by atoms with Crippen LogP contribution in [0.25, 0.3) is 0 Å². The molecule has 2 amide bonds. The number of carbonyl (C=O) groups is 3. The minimum absolute atomic E-state index is 0.0642. The Morgan fingerprint density at radius 3 is 1.71 bits per heavy atom. The van der Waals surface area contributed by atoms with E-state index in [0.717, 1.165) is 49.5 Å². The van der Waals surface area contributed by atoms with Crippen molar-refractivity contribution in [3.05, 3.63) is 23.8 Å². The van der Waals surface area contributed by atoms with Crippen LogP contribution in [-0.2, 0) is 14.4 Å². The molecule has 0 saturated carbocycles. The van der Waals surface area contributed by atoms with Crippen molar-refractivity contribution in [2.45, 2.75) is 103 Å². The van der Waals surface area contributed by atoms with Crippen LogP contribution in [0.15, 0.2) is 17.0 Å². The number of benzene rings is 1. The Hall–Kier alpha value is -1.76. The molecule has 0 heterocycles. The van der Waals surface area contributed by atoms with Crippen LogP contribution in [0.2, 0.25) is 0 Å². The van der Waals surface area contributed by atoms with Crippen LogP contribution < -0.4 is 4.90 Å². The maximum atomic E-state index is 14.7. The Kier molecular flexibility index (Phi) is 13.3. The topological polar surface area (TPSA) is 54.5 Å². The van der Waals surface area contributed by atoms with Crippen molar-refractivity contribution >= 4 is 34.4 Å². The Labute approximate surface area is 189 Å². The van der Waals surface area contributed by atoms with E-state index < -0.39 is 23.4 Å². The van der Waals surface area contributed by atoms with Gasteiger partial charge < -0.3 is 0 Å². The highest BCUT2D eigenvalue weighted by atomic mass is 32.2. The number of anilines is 1. The van der Waals surface area contributed by atoms with Crippen LogP contribution in [0, 0.1) is 11.6 Å². The molecule has 0 aromatic heterocycles. The molecule has 1 aromatic carbocycles. The number of imide groups is 1. The molecule has 0 fully saturated rings. The van der Waals surface area contributed by atoms with Crippen molar-refractivity contribution in [1.82, 2.24) is 0 Å². The summed E-state index contributed by atoms with van der Waals surface area (Å²) in [7, 11) is 0. The van der Waals surface area contributed by atoms with Gasteiger partial charge in [-0.25, -0.2) is 13.7 Å². The summed E-state index contributed by atoms with van der Waals surface area (Å²) in [5.74, 6) is -2.84. The van der Waals surface area contributed by atoms with Gasteiger partial charge in [0.1, 0.15) is 11.6 Å². The van der Waals surface area contributed by atoms with Gasteiger partial charge in [0.15, 0.2) is 5.12 Å². The molecule has 4 nitrogen and oxygen atoms in total. The van der Waals surface area contributed by atoms with E-state index in [1.54, 1.807) is 0 Å². The van der Waals surface area contributed by atoms with Crippen LogP contribution in [0.3, 0.4) is 0 Å². The summed E-state index contributed by atoms with van der Waals surface area (Å²) in [6, 6.07) is 1.78. The number of halogens is 2. The Balaban J connectivity index is 3.15. The van der Waals surface area contributed by atoms with Crippen LogP contribution >= 0.6 is 11.8 Å². The van der Waals surface area contributed by atoms with Gasteiger partial charge in [-0.3, -0.25) is 14.4 Å². The van der Waals surface area contributed by atoms with Crippen molar-refractivity contribution in [2.24, 2.45) is 0 Å². The van der Waals surface area contributed by atoms with Gasteiger partial charge in [0.2, 0.25) is 11.8 Å². The van der Waals surface area contributed by atoms with Gasteiger partial charge in [-0.1, -0.05) is 59.3 Å². The van der Waals surface area contributed by atoms with E-state index in [4.69, 9.17) is 0 Å². The van der Waals surface area contributed by atoms with Gasteiger partial charge in [0.05, 0.1) is 10.6 Å². The van der Waals surface area contributed by atoms with Gasteiger partial charge >= 0.3 is 0 Å². The third kappa shape index (κ3) is 9.50. The lowest BCUT2D eigenvalue weighted by Gasteiger charge is -2.22. The number of rotatable bonds is 14. The van der Waals surface area contributed by atoms with Crippen LogP contribution in [0.1, 0.15) is 97.8 Å². The third-order valence-corrected chi connectivity index (χ3v) is 5.90. The standard InChI is InChI=1S/C24H35F2NO3S/c1-4-7-10-13-22(28)27(23(29)14-11-8-5-2)20-17-21(19(26)16-18(20)25)31-24(30)15-12-9-6-3/h16-17H,4-15H2,1-3H3. The van der Waals surface area contributed by atoms with Gasteiger partial charge in [-0.05, 0) is 37.1 Å². The average Bonchev–Trinajstić information content (AvgIpc) is 2.72. The summed E-state index contributed by atoms with van der Waals surface area (Å²) >= 11 is 0.697. The van der Waals surface area contributed by atoms with Crippen LogP contribution in [-0.4, -0.2) is 16.9 Å². The molecule has 1 rings (SSSR count). The molecule has 174 valence electrons. The number of carbonyl (C=O) groups excluding carboxylic acids is 3. The van der Waals surface area contributed by atoms with Gasteiger partial charge in [0.25, 0.3) is 0 Å². The molecular formula is C24H35F2NO3S. The second-order valence-electron chi connectivity index (χ2n) is 7.70. The highest BCUT2D eigenvalue weighted by Gasteiger charge is 2.27. The molecular weight excluding hydrogens is 420 g/mol. The summed E-state index contributed by atoms with van der Waals surface area (Å²) in [5.41, 5.74) is -0.270. The Morgan fingerprint density at radius 2 is 1.23 bits per heavy atom. The molecule has 7 heteroatoms. The van der Waals surface area contributed by atoms with Crippen LogP contribution in [0.5, 0.6) is 0 Å². The second-order valence-corrected chi connectivity index (χ2v) is 8.80. The summed E-state index contributed by atoms with van der Waals surface area (Å²) in [4.78, 5) is 38.6. The number of unbranched alkanes of at least 4 members (excludes halogenated alkanes) is 6. The van der Waals surface area contributed by atoms with Crippen LogP contribution in [0.4, 0.5) is 14.5 Å². The highest BCUT2D eigenvalue weighted by Crippen LogP contribution is 2.32. The highest BCUT2D eigenvalue weighted by molar-refractivity contribution is 8.13. The molecule has 0 bridgehead atoms. The van der Waals surface area contributed by atoms with Crippen molar-refractivity contribution in [3.8, 4) is 0 Å². The van der Waals surface area contributed by atoms with E-state index in [1.165, 1.54) is 0 Å². The number of amides is 2. The first-order chi connectivity index (χ1) is 14.8. The SMILES string of the molecule is CCCCCC(=O)Sc1cc(N(C(=O)CCCCC)C(=O)CCCCC)c(F)cc1F. The third-order valence-electron chi connectivity index (χ3n) is 4.94. The molecule has 0 radical (unpaired) electrons. The summed E-state index contributed by atoms with van der Waals surface area (Å²) in [5, 5.41) is -0.222. The van der Waals surface area contributed by atoms with Crippen molar-refractivity contribution in [3.63, 3.8) is 0 Å². The van der Waals surface area contributed by atoms with E-state index in [-0.39, 0.29) is 28.5 Å². The fourth-order valence-electron chi connectivity index (χ4n) is 3.14. The monoisotopic (exact) mass is 455 g/mol. The predicted octanol–water partition coefficient (Wildman–Crippen LogP) is 7.18. The minimum atomic E-state index is -0.979. The molecule has 0 aliphatic rings. The largest absolute Gasteiger partial charge is 0.287 e. The van der Waals surface area contributed by atoms with Crippen molar-refractivity contribution in [1.29, 1.82) is 0 Å². The smallest absolute Gasteiger partial charge is 0.233 e. The first-order valence-corrected chi connectivity index (χ1v) is 12.2. The first kappa shape index (κ1) is 27.3. The zero-order valence-corrected chi connectivity index (χ0v) is 19.8. The van der Waals surface area contributed by atoms with E-state index in [9.17, 15) is 23.2 Å². The Bertz CT molecular complexity index is 718. The molecule has 0 saturated heterocycles. The van der Waals surface area contributed by atoms with E-state index >= 15 is 0 Å². The average molecular weight is 456 g/mol. The van der Waals surface area contributed by atoms with Crippen molar-refractivity contribution in [2.75, 3.05) is 4.90 Å². The normalized spacial score (nSPS) is 10.9. The van der Waals surface area contributed by atoms with Crippen molar-refractivity contribution < 1.29 is 23.2 Å². The molecule has 0 N–H and O–H groups in total. The fraction of sp³-hybridized carbons (Fsp3) is 0.625. The quantitative estimate of drug-likeness (QED) is 0.220. The molecule has 0 aliphatic carbocycles. The number of thioether (sulfide) groups is 1. The van der Waals surface area contributed by atoms with Gasteiger partial charge in [-0.2, -0.15) is 0 Å². The minimum Gasteiger partial charge on any atom is -0.287 e. The fourth-order valence-corrected chi connectivity index (χ4v) is 3.96. The summed E-state index contributed by atoms with van der Waals surface area (Å²) < 4.78 is 29.0. The molecule has 1 aromatic rings. The zero-order valence-electron chi connectivity index (χ0n) is 19.0.